The summed E-state index contributed by atoms with van der Waals surface area (Å²) in [4.78, 5) is 23.1. The first-order valence-corrected chi connectivity index (χ1v) is 7.71. The fourth-order valence-corrected chi connectivity index (χ4v) is 2.11. The zero-order valence-corrected chi connectivity index (χ0v) is 13.5. The number of carboxylic acid groups (broad SMARTS) is 1. The summed E-state index contributed by atoms with van der Waals surface area (Å²) in [6, 6.07) is 6.76. The van der Waals surface area contributed by atoms with Gasteiger partial charge in [-0.3, -0.25) is 4.79 Å². The third-order valence-electron chi connectivity index (χ3n) is 3.67. The van der Waals surface area contributed by atoms with Crippen LogP contribution in [0.15, 0.2) is 24.3 Å². The Kier molecular flexibility index (Phi) is 7.43. The molecule has 1 amide bonds. The second-order valence-electron chi connectivity index (χ2n) is 5.35. The van der Waals surface area contributed by atoms with Crippen LogP contribution in [0.2, 0.25) is 0 Å². The van der Waals surface area contributed by atoms with E-state index in [2.05, 4.69) is 5.32 Å². The molecule has 0 aliphatic heterocycles. The monoisotopic (exact) mass is 307 g/mol. The molecule has 0 saturated heterocycles. The number of benzene rings is 1. The molecule has 5 nitrogen and oxygen atoms in total. The number of hydrogen-bond donors (Lipinski definition) is 2. The van der Waals surface area contributed by atoms with Crippen LogP contribution in [0.3, 0.4) is 0 Å². The van der Waals surface area contributed by atoms with Crippen molar-refractivity contribution in [1.29, 1.82) is 0 Å². The molecule has 1 rings (SSSR count). The molecule has 0 spiro atoms. The van der Waals surface area contributed by atoms with Gasteiger partial charge in [-0.05, 0) is 37.0 Å². The normalized spacial score (nSPS) is 13.2. The number of nitrogens with one attached hydrogen (secondary N) is 1. The summed E-state index contributed by atoms with van der Waals surface area (Å²) in [6.07, 6.45) is 1.55. The molecule has 0 aliphatic rings. The first kappa shape index (κ1) is 18.0. The van der Waals surface area contributed by atoms with Crippen LogP contribution in [-0.2, 0) is 16.0 Å². The minimum Gasteiger partial charge on any atom is -0.494 e. The highest BCUT2D eigenvalue weighted by Gasteiger charge is 2.24. The predicted molar refractivity (Wildman–Crippen MR) is 85.0 cm³/mol. The molecule has 122 valence electrons. The van der Waals surface area contributed by atoms with E-state index in [4.69, 9.17) is 9.84 Å². The van der Waals surface area contributed by atoms with Crippen molar-refractivity contribution in [3.8, 4) is 5.75 Å². The number of carbonyl (C=O) groups is 2. The van der Waals surface area contributed by atoms with Crippen molar-refractivity contribution in [2.24, 2.45) is 5.92 Å². The summed E-state index contributed by atoms with van der Waals surface area (Å²) >= 11 is 0. The number of rotatable bonds is 9. The van der Waals surface area contributed by atoms with Crippen LogP contribution in [0.4, 0.5) is 0 Å². The van der Waals surface area contributed by atoms with E-state index in [0.717, 1.165) is 11.3 Å². The summed E-state index contributed by atoms with van der Waals surface area (Å²) in [5, 5.41) is 11.8. The molecule has 1 aromatic carbocycles. The van der Waals surface area contributed by atoms with E-state index in [-0.39, 0.29) is 18.2 Å². The Bertz CT molecular complexity index is 484. The molecule has 0 heterocycles. The largest absolute Gasteiger partial charge is 0.494 e. The molecule has 2 atom stereocenters. The molecule has 1 aromatic rings. The Morgan fingerprint density at radius 3 is 2.36 bits per heavy atom. The number of aliphatic carboxylic acids is 1. The molecule has 5 heteroatoms. The van der Waals surface area contributed by atoms with Gasteiger partial charge in [0.15, 0.2) is 0 Å². The molecule has 0 aromatic heterocycles. The summed E-state index contributed by atoms with van der Waals surface area (Å²) in [6.45, 7) is 6.28. The Hall–Kier alpha value is -2.04. The van der Waals surface area contributed by atoms with Gasteiger partial charge in [-0.1, -0.05) is 32.4 Å². The van der Waals surface area contributed by atoms with Crippen LogP contribution in [0, 0.1) is 5.92 Å². The van der Waals surface area contributed by atoms with Gasteiger partial charge in [0.25, 0.3) is 0 Å². The number of aryl methyl sites for hydroxylation is 1. The van der Waals surface area contributed by atoms with Crippen LogP contribution in [0.25, 0.3) is 0 Å². The summed E-state index contributed by atoms with van der Waals surface area (Å²) in [5.41, 5.74) is 1.02. The summed E-state index contributed by atoms with van der Waals surface area (Å²) < 4.78 is 5.36. The van der Waals surface area contributed by atoms with E-state index >= 15 is 0 Å². The van der Waals surface area contributed by atoms with E-state index in [9.17, 15) is 9.59 Å². The van der Waals surface area contributed by atoms with Crippen molar-refractivity contribution in [2.75, 3.05) is 6.61 Å². The summed E-state index contributed by atoms with van der Waals surface area (Å²) in [5.74, 6) is -0.504. The van der Waals surface area contributed by atoms with E-state index in [1.54, 1.807) is 0 Å². The van der Waals surface area contributed by atoms with Gasteiger partial charge in [0.05, 0.1) is 6.61 Å². The van der Waals surface area contributed by atoms with Crippen molar-refractivity contribution >= 4 is 11.9 Å². The molecule has 0 saturated carbocycles. The number of carbonyl (C=O) groups excluding carboxylic acids is 1. The first-order chi connectivity index (χ1) is 10.5. The van der Waals surface area contributed by atoms with Crippen LogP contribution < -0.4 is 10.1 Å². The fraction of sp³-hybridized carbons (Fsp3) is 0.529. The molecule has 2 N–H and O–H groups in total. The average molecular weight is 307 g/mol. The lowest BCUT2D eigenvalue weighted by Crippen LogP contribution is -2.45. The zero-order valence-electron chi connectivity index (χ0n) is 13.5. The van der Waals surface area contributed by atoms with E-state index in [1.165, 1.54) is 0 Å². The van der Waals surface area contributed by atoms with Crippen LogP contribution in [0.1, 0.15) is 39.2 Å². The zero-order chi connectivity index (χ0) is 16.5. The standard InChI is InChI=1S/C17H25NO4/c1-4-12(3)16(17(20)21)18-15(19)11-8-13-6-9-14(10-7-13)22-5-2/h6-7,9-10,12,16H,4-5,8,11H2,1-3H3,(H,18,19)(H,20,21)/t12-,16-/m0/s1. The van der Waals surface area contributed by atoms with Gasteiger partial charge in [-0.15, -0.1) is 0 Å². The third-order valence-corrected chi connectivity index (χ3v) is 3.67. The van der Waals surface area contributed by atoms with Gasteiger partial charge in [0, 0.05) is 6.42 Å². The van der Waals surface area contributed by atoms with Crippen molar-refractivity contribution in [2.45, 2.75) is 46.1 Å². The number of ether oxygens (including phenoxy) is 1. The molecular weight excluding hydrogens is 282 g/mol. The van der Waals surface area contributed by atoms with Crippen LogP contribution in [-0.4, -0.2) is 29.6 Å². The Morgan fingerprint density at radius 2 is 1.86 bits per heavy atom. The van der Waals surface area contributed by atoms with Crippen molar-refractivity contribution in [1.82, 2.24) is 5.32 Å². The maximum atomic E-state index is 11.9. The molecule has 0 radical (unpaired) electrons. The highest BCUT2D eigenvalue weighted by Crippen LogP contribution is 2.13. The quantitative estimate of drug-likeness (QED) is 0.735. The van der Waals surface area contributed by atoms with Gasteiger partial charge in [0.2, 0.25) is 5.91 Å². The minimum atomic E-state index is -0.983. The molecule has 0 aliphatic carbocycles. The molecular formula is C17H25NO4. The average Bonchev–Trinajstić information content (AvgIpc) is 2.51. The highest BCUT2D eigenvalue weighted by molar-refractivity contribution is 5.83. The van der Waals surface area contributed by atoms with Crippen LogP contribution >= 0.6 is 0 Å². The van der Waals surface area contributed by atoms with E-state index in [0.29, 0.717) is 19.4 Å². The van der Waals surface area contributed by atoms with Gasteiger partial charge in [-0.25, -0.2) is 4.79 Å². The molecule has 0 bridgehead atoms. The first-order valence-electron chi connectivity index (χ1n) is 7.71. The molecule has 0 unspecified atom stereocenters. The minimum absolute atomic E-state index is 0.0908. The number of amides is 1. The van der Waals surface area contributed by atoms with Crippen molar-refractivity contribution < 1.29 is 19.4 Å². The third kappa shape index (κ3) is 5.76. The topological polar surface area (TPSA) is 75.6 Å². The fourth-order valence-electron chi connectivity index (χ4n) is 2.11. The van der Waals surface area contributed by atoms with Gasteiger partial charge in [0.1, 0.15) is 11.8 Å². The predicted octanol–water partition coefficient (Wildman–Crippen LogP) is 2.63. The lowest BCUT2D eigenvalue weighted by Gasteiger charge is -2.20. The lowest BCUT2D eigenvalue weighted by molar-refractivity contribution is -0.143. The Morgan fingerprint density at radius 1 is 1.23 bits per heavy atom. The molecule has 22 heavy (non-hydrogen) atoms. The Labute approximate surface area is 131 Å². The van der Waals surface area contributed by atoms with E-state index in [1.807, 2.05) is 45.0 Å². The van der Waals surface area contributed by atoms with Gasteiger partial charge in [-0.2, -0.15) is 0 Å². The SMILES string of the molecule is CCOc1ccc(CCC(=O)N[C@H](C(=O)O)[C@@H](C)CC)cc1. The van der Waals surface area contributed by atoms with E-state index < -0.39 is 12.0 Å². The lowest BCUT2D eigenvalue weighted by atomic mass is 9.99. The highest BCUT2D eigenvalue weighted by atomic mass is 16.5. The number of carboxylic acids is 1. The Balaban J connectivity index is 2.49. The maximum absolute atomic E-state index is 11.9. The maximum Gasteiger partial charge on any atom is 0.326 e. The second-order valence-corrected chi connectivity index (χ2v) is 5.35. The van der Waals surface area contributed by atoms with Gasteiger partial charge < -0.3 is 15.2 Å². The molecule has 0 fully saturated rings. The summed E-state index contributed by atoms with van der Waals surface area (Å²) in [7, 11) is 0. The number of hydrogen-bond acceptors (Lipinski definition) is 3. The van der Waals surface area contributed by atoms with Gasteiger partial charge >= 0.3 is 5.97 Å². The van der Waals surface area contributed by atoms with Crippen molar-refractivity contribution in [3.63, 3.8) is 0 Å². The smallest absolute Gasteiger partial charge is 0.326 e. The van der Waals surface area contributed by atoms with Crippen LogP contribution in [0.5, 0.6) is 5.75 Å². The van der Waals surface area contributed by atoms with Crippen molar-refractivity contribution in [3.05, 3.63) is 29.8 Å². The second kappa shape index (κ2) is 9.07.